The monoisotopic (exact) mass is 442 g/mol. The Morgan fingerprint density at radius 2 is 1.81 bits per heavy atom. The second-order valence-electron chi connectivity index (χ2n) is 7.08. The van der Waals surface area contributed by atoms with Crippen LogP contribution >= 0.6 is 27.3 Å². The lowest BCUT2D eigenvalue weighted by molar-refractivity contribution is 0.638. The maximum Gasteiger partial charge on any atom is 0.158 e. The van der Waals surface area contributed by atoms with E-state index in [0.717, 1.165) is 56.1 Å². The van der Waals surface area contributed by atoms with E-state index in [2.05, 4.69) is 61.8 Å². The molecule has 0 amide bonds. The van der Waals surface area contributed by atoms with Crippen LogP contribution in [0.3, 0.4) is 0 Å². The van der Waals surface area contributed by atoms with Crippen molar-refractivity contribution < 1.29 is 0 Å². The van der Waals surface area contributed by atoms with Crippen molar-refractivity contribution in [2.45, 2.75) is 53.4 Å². The number of rotatable bonds is 4. The lowest BCUT2D eigenvalue weighted by Gasteiger charge is -2.14. The van der Waals surface area contributed by atoms with Crippen molar-refractivity contribution in [3.63, 3.8) is 0 Å². The number of nitrogens with zero attached hydrogens (tertiary/aromatic N) is 4. The van der Waals surface area contributed by atoms with Gasteiger partial charge in [0.05, 0.1) is 31.0 Å². The Bertz CT molecular complexity index is 1150. The first kappa shape index (κ1) is 18.6. The molecule has 0 atom stereocenters. The maximum atomic E-state index is 4.94. The van der Waals surface area contributed by atoms with Crippen molar-refractivity contribution in [1.82, 2.24) is 19.6 Å². The number of aromatic nitrogens is 4. The van der Waals surface area contributed by atoms with E-state index in [1.165, 1.54) is 10.3 Å². The number of pyridine rings is 1. The smallest absolute Gasteiger partial charge is 0.158 e. The van der Waals surface area contributed by atoms with Crippen LogP contribution in [-0.4, -0.2) is 19.6 Å². The van der Waals surface area contributed by atoms with Crippen LogP contribution < -0.4 is 0 Å². The van der Waals surface area contributed by atoms with Crippen LogP contribution in [0.4, 0.5) is 0 Å². The van der Waals surface area contributed by atoms with Crippen LogP contribution in [-0.2, 0) is 0 Å². The van der Waals surface area contributed by atoms with Gasteiger partial charge >= 0.3 is 0 Å². The summed E-state index contributed by atoms with van der Waals surface area (Å²) in [6.45, 7) is 10.7. The Balaban J connectivity index is 2.03. The first-order chi connectivity index (χ1) is 12.9. The summed E-state index contributed by atoms with van der Waals surface area (Å²) in [5.74, 6) is 0.499. The summed E-state index contributed by atoms with van der Waals surface area (Å²) >= 11 is 5.54. The number of hydrogen-bond acceptors (Lipinski definition) is 4. The molecule has 6 heteroatoms. The molecule has 4 rings (SSSR count). The van der Waals surface area contributed by atoms with E-state index in [1.807, 2.05) is 11.4 Å². The largest absolute Gasteiger partial charge is 0.251 e. The molecule has 0 bridgehead atoms. The highest BCUT2D eigenvalue weighted by Crippen LogP contribution is 2.43. The molecular formula is C21H23BrN4S. The zero-order valence-electron chi connectivity index (χ0n) is 16.3. The molecule has 0 aliphatic carbocycles. The molecule has 0 aliphatic heterocycles. The summed E-state index contributed by atoms with van der Waals surface area (Å²) in [7, 11) is 0. The Hall–Kier alpha value is -1.79. The summed E-state index contributed by atoms with van der Waals surface area (Å²) in [5, 5.41) is 4.83. The topological polar surface area (TPSA) is 43.1 Å². The minimum Gasteiger partial charge on any atom is -0.251 e. The van der Waals surface area contributed by atoms with Gasteiger partial charge in [0, 0.05) is 11.3 Å². The van der Waals surface area contributed by atoms with Gasteiger partial charge in [-0.1, -0.05) is 13.8 Å². The molecule has 4 aromatic rings. The van der Waals surface area contributed by atoms with E-state index in [1.54, 1.807) is 11.3 Å². The van der Waals surface area contributed by atoms with E-state index < -0.39 is 0 Å². The third-order valence-electron chi connectivity index (χ3n) is 5.17. The van der Waals surface area contributed by atoms with E-state index in [4.69, 9.17) is 15.1 Å². The average molecular weight is 443 g/mol. The lowest BCUT2D eigenvalue weighted by Crippen LogP contribution is -2.04. The number of halogens is 1. The first-order valence-corrected chi connectivity index (χ1v) is 11.0. The van der Waals surface area contributed by atoms with Gasteiger partial charge in [-0.2, -0.15) is 5.10 Å². The van der Waals surface area contributed by atoms with Crippen LogP contribution in [0.2, 0.25) is 0 Å². The number of hydrogen-bond donors (Lipinski definition) is 0. The molecule has 0 aliphatic rings. The first-order valence-electron chi connectivity index (χ1n) is 9.37. The zero-order valence-corrected chi connectivity index (χ0v) is 18.7. The third kappa shape index (κ3) is 2.99. The number of fused-ring (bicyclic) bond motifs is 2. The van der Waals surface area contributed by atoms with Crippen molar-refractivity contribution in [1.29, 1.82) is 0 Å². The average Bonchev–Trinajstić information content (AvgIpc) is 3.12. The van der Waals surface area contributed by atoms with Gasteiger partial charge in [-0.3, -0.25) is 4.98 Å². The Kier molecular flexibility index (Phi) is 4.80. The molecule has 0 N–H and O–H groups in total. The van der Waals surface area contributed by atoms with Gasteiger partial charge in [-0.05, 0) is 73.7 Å². The van der Waals surface area contributed by atoms with Crippen LogP contribution in [0.25, 0.3) is 26.4 Å². The molecular weight excluding hydrogens is 420 g/mol. The molecule has 0 spiro atoms. The standard InChI is InChI=1S/C21H23BrN4S/c1-6-14(7-2)15-10-12(4)25-26-19(13(5)24-21(15)26)20-17(22)18-16(27-20)9-8-11(3)23-18/h8-10,14H,6-7H2,1-5H3. The highest BCUT2D eigenvalue weighted by molar-refractivity contribution is 9.10. The molecule has 4 aromatic heterocycles. The van der Waals surface area contributed by atoms with Gasteiger partial charge in [0.15, 0.2) is 5.65 Å². The second-order valence-corrected chi connectivity index (χ2v) is 8.93. The van der Waals surface area contributed by atoms with Crippen LogP contribution in [0.1, 0.15) is 55.3 Å². The van der Waals surface area contributed by atoms with Crippen molar-refractivity contribution in [3.05, 3.63) is 45.3 Å². The van der Waals surface area contributed by atoms with E-state index in [-0.39, 0.29) is 0 Å². The normalized spacial score (nSPS) is 12.0. The number of aryl methyl sites for hydroxylation is 3. The summed E-state index contributed by atoms with van der Waals surface area (Å²) < 4.78 is 4.24. The van der Waals surface area contributed by atoms with E-state index in [0.29, 0.717) is 5.92 Å². The van der Waals surface area contributed by atoms with Crippen LogP contribution in [0, 0.1) is 20.8 Å². The summed E-state index contributed by atoms with van der Waals surface area (Å²) in [6.07, 6.45) is 2.21. The van der Waals surface area contributed by atoms with E-state index in [9.17, 15) is 0 Å². The fraction of sp³-hybridized carbons (Fsp3) is 0.381. The molecule has 0 saturated heterocycles. The number of thiophene rings is 1. The molecule has 0 aromatic carbocycles. The Morgan fingerprint density at radius 1 is 1.07 bits per heavy atom. The highest BCUT2D eigenvalue weighted by atomic mass is 79.9. The molecule has 0 radical (unpaired) electrons. The minimum atomic E-state index is 0.499. The van der Waals surface area contributed by atoms with Crippen molar-refractivity contribution in [2.75, 3.05) is 0 Å². The van der Waals surface area contributed by atoms with Crippen LogP contribution in [0.5, 0.6) is 0 Å². The van der Waals surface area contributed by atoms with Crippen molar-refractivity contribution in [3.8, 4) is 10.6 Å². The van der Waals surface area contributed by atoms with Gasteiger partial charge in [0.1, 0.15) is 5.69 Å². The maximum absolute atomic E-state index is 4.94. The molecule has 0 unspecified atom stereocenters. The molecule has 0 saturated carbocycles. The van der Waals surface area contributed by atoms with Gasteiger partial charge in [0.2, 0.25) is 0 Å². The third-order valence-corrected chi connectivity index (χ3v) is 7.35. The van der Waals surface area contributed by atoms with Gasteiger partial charge in [-0.15, -0.1) is 11.3 Å². The van der Waals surface area contributed by atoms with E-state index >= 15 is 0 Å². The SMILES string of the molecule is CCC(CC)c1cc(C)nn2c(-c3sc4ccc(C)nc4c3Br)c(C)nc12. The van der Waals surface area contributed by atoms with Gasteiger partial charge in [-0.25, -0.2) is 9.50 Å². The molecule has 4 heterocycles. The molecule has 27 heavy (non-hydrogen) atoms. The summed E-state index contributed by atoms with van der Waals surface area (Å²) in [4.78, 5) is 10.8. The Labute approximate surface area is 171 Å². The predicted molar refractivity (Wildman–Crippen MR) is 117 cm³/mol. The predicted octanol–water partition coefficient (Wildman–Crippen LogP) is 6.60. The fourth-order valence-corrected chi connectivity index (χ4v) is 5.75. The van der Waals surface area contributed by atoms with Crippen LogP contribution in [0.15, 0.2) is 22.7 Å². The number of imidazole rings is 1. The second kappa shape index (κ2) is 6.99. The molecule has 4 nitrogen and oxygen atoms in total. The Morgan fingerprint density at radius 3 is 2.52 bits per heavy atom. The minimum absolute atomic E-state index is 0.499. The van der Waals surface area contributed by atoms with Crippen molar-refractivity contribution >= 4 is 43.1 Å². The molecule has 140 valence electrons. The lowest BCUT2D eigenvalue weighted by atomic mass is 9.95. The fourth-order valence-electron chi connectivity index (χ4n) is 3.77. The molecule has 0 fully saturated rings. The summed E-state index contributed by atoms with van der Waals surface area (Å²) in [6, 6.07) is 6.40. The zero-order chi connectivity index (χ0) is 19.3. The summed E-state index contributed by atoms with van der Waals surface area (Å²) in [5.41, 5.74) is 7.40. The van der Waals surface area contributed by atoms with Crippen molar-refractivity contribution in [2.24, 2.45) is 0 Å². The quantitative estimate of drug-likeness (QED) is 0.357. The highest BCUT2D eigenvalue weighted by Gasteiger charge is 2.23. The van der Waals surface area contributed by atoms with Gasteiger partial charge in [0.25, 0.3) is 0 Å². The van der Waals surface area contributed by atoms with Gasteiger partial charge < -0.3 is 0 Å².